The molecule has 0 saturated heterocycles. The molecule has 0 heterocycles. The molecule has 0 aliphatic heterocycles. The molecule has 0 bridgehead atoms. The van der Waals surface area contributed by atoms with Crippen molar-refractivity contribution in [2.24, 2.45) is 34.5 Å². The van der Waals surface area contributed by atoms with Crippen LogP contribution in [0.2, 0.25) is 0 Å². The van der Waals surface area contributed by atoms with E-state index >= 15 is 0 Å². The first-order valence-corrected chi connectivity index (χ1v) is 9.08. The highest BCUT2D eigenvalue weighted by Crippen LogP contribution is 2.66. The normalized spacial score (nSPS) is 47.6. The van der Waals surface area contributed by atoms with Gasteiger partial charge in [-0.25, -0.2) is 4.39 Å². The minimum atomic E-state index is -0.619. The summed E-state index contributed by atoms with van der Waals surface area (Å²) in [5.41, 5.74) is 0.591. The molecule has 4 aliphatic rings. The Hall–Kier alpha value is -1.51. The molecular formula is C21H25FO2. The highest BCUT2D eigenvalue weighted by atomic mass is 19.1. The van der Waals surface area contributed by atoms with Gasteiger partial charge in [0.15, 0.2) is 5.83 Å². The van der Waals surface area contributed by atoms with Crippen molar-refractivity contribution in [3.8, 4) is 0 Å². The van der Waals surface area contributed by atoms with Crippen LogP contribution in [0.4, 0.5) is 4.39 Å². The van der Waals surface area contributed by atoms with E-state index in [9.17, 15) is 14.0 Å². The lowest BCUT2D eigenvalue weighted by Gasteiger charge is -2.58. The monoisotopic (exact) mass is 328 g/mol. The van der Waals surface area contributed by atoms with E-state index in [1.54, 1.807) is 0 Å². The predicted molar refractivity (Wildman–Crippen MR) is 90.7 cm³/mol. The topological polar surface area (TPSA) is 34.1 Å². The Kier molecular flexibility index (Phi) is 3.18. The van der Waals surface area contributed by atoms with Crippen molar-refractivity contribution in [3.05, 3.63) is 35.7 Å². The molecule has 3 heteroatoms. The zero-order valence-corrected chi connectivity index (χ0v) is 14.7. The Balaban J connectivity index is 1.86. The third-order valence-electron chi connectivity index (χ3n) is 7.82. The summed E-state index contributed by atoms with van der Waals surface area (Å²) in [5, 5.41) is 0. The molecule has 0 aromatic heterocycles. The second-order valence-electron chi connectivity index (χ2n) is 8.69. The van der Waals surface area contributed by atoms with Gasteiger partial charge in [0.25, 0.3) is 0 Å². The van der Waals surface area contributed by atoms with Crippen LogP contribution in [0.5, 0.6) is 0 Å². The molecule has 6 atom stereocenters. The number of hydrogen-bond acceptors (Lipinski definition) is 2. The van der Waals surface area contributed by atoms with Crippen LogP contribution in [0, 0.1) is 34.5 Å². The van der Waals surface area contributed by atoms with Gasteiger partial charge < -0.3 is 0 Å². The predicted octanol–water partition coefficient (Wildman–Crippen LogP) is 4.57. The standard InChI is InChI=1S/C21H25FO2/c1-11-12(2)18-19(22)15(23)8-10-21(18,4)14-7-9-20(3)13(17(11)14)5-6-16(20)24/h8,10-11,13-14,17H,2,5-7,9H2,1,3-4H3/t11?,13-,14-,17-,20-,21+/m0/s1. The van der Waals surface area contributed by atoms with Crippen molar-refractivity contribution in [2.45, 2.75) is 46.5 Å². The maximum absolute atomic E-state index is 14.7. The maximum Gasteiger partial charge on any atom is 0.214 e. The number of allylic oxidation sites excluding steroid dienone is 5. The molecule has 0 radical (unpaired) electrons. The summed E-state index contributed by atoms with van der Waals surface area (Å²) in [5.74, 6) is 0.309. The Labute approximate surface area is 142 Å². The molecule has 24 heavy (non-hydrogen) atoms. The maximum atomic E-state index is 14.7. The van der Waals surface area contributed by atoms with Gasteiger partial charge in [-0.1, -0.05) is 33.4 Å². The van der Waals surface area contributed by atoms with Crippen LogP contribution in [0.15, 0.2) is 35.7 Å². The van der Waals surface area contributed by atoms with Crippen molar-refractivity contribution < 1.29 is 14.0 Å². The van der Waals surface area contributed by atoms with Gasteiger partial charge in [0.2, 0.25) is 5.78 Å². The highest BCUT2D eigenvalue weighted by molar-refractivity contribution is 6.05. The third-order valence-corrected chi connectivity index (χ3v) is 7.82. The summed E-state index contributed by atoms with van der Waals surface area (Å²) in [6.07, 6.45) is 6.70. The van der Waals surface area contributed by atoms with E-state index in [1.807, 2.05) is 6.08 Å². The highest BCUT2D eigenvalue weighted by Gasteiger charge is 2.61. The van der Waals surface area contributed by atoms with Crippen LogP contribution in [-0.2, 0) is 9.59 Å². The first-order chi connectivity index (χ1) is 11.2. The molecular weight excluding hydrogens is 303 g/mol. The number of rotatable bonds is 0. The van der Waals surface area contributed by atoms with Gasteiger partial charge in [0, 0.05) is 22.8 Å². The van der Waals surface area contributed by atoms with Crippen molar-refractivity contribution in [3.63, 3.8) is 0 Å². The second-order valence-corrected chi connectivity index (χ2v) is 8.69. The lowest BCUT2D eigenvalue weighted by atomic mass is 9.45. The van der Waals surface area contributed by atoms with Gasteiger partial charge in [0.05, 0.1) is 0 Å². The molecule has 1 unspecified atom stereocenters. The number of carbonyl (C=O) groups is 2. The Morgan fingerprint density at radius 3 is 2.62 bits per heavy atom. The number of ketones is 2. The van der Waals surface area contributed by atoms with E-state index in [0.717, 1.165) is 24.8 Å². The minimum Gasteiger partial charge on any atom is -0.299 e. The lowest BCUT2D eigenvalue weighted by Crippen LogP contribution is -2.53. The fourth-order valence-corrected chi connectivity index (χ4v) is 6.39. The summed E-state index contributed by atoms with van der Waals surface area (Å²) in [6.45, 7) is 10.5. The Morgan fingerprint density at radius 2 is 1.92 bits per heavy atom. The molecule has 0 aromatic rings. The summed E-state index contributed by atoms with van der Waals surface area (Å²) in [7, 11) is 0. The number of hydrogen-bond donors (Lipinski definition) is 0. The quantitative estimate of drug-likeness (QED) is 0.652. The Morgan fingerprint density at radius 1 is 1.21 bits per heavy atom. The zero-order valence-electron chi connectivity index (χ0n) is 14.7. The molecule has 2 nitrogen and oxygen atoms in total. The van der Waals surface area contributed by atoms with Crippen molar-refractivity contribution >= 4 is 11.6 Å². The minimum absolute atomic E-state index is 0.110. The number of halogens is 1. The summed E-state index contributed by atoms with van der Waals surface area (Å²) < 4.78 is 14.7. The molecule has 0 aromatic carbocycles. The molecule has 3 fully saturated rings. The van der Waals surface area contributed by atoms with Gasteiger partial charge in [0.1, 0.15) is 5.78 Å². The molecule has 0 amide bonds. The van der Waals surface area contributed by atoms with E-state index in [1.165, 1.54) is 6.08 Å². The fraction of sp³-hybridized carbons (Fsp3) is 0.619. The van der Waals surface area contributed by atoms with Crippen LogP contribution >= 0.6 is 0 Å². The molecule has 4 aliphatic carbocycles. The first kappa shape index (κ1) is 16.0. The molecule has 3 saturated carbocycles. The van der Waals surface area contributed by atoms with Gasteiger partial charge >= 0.3 is 0 Å². The van der Waals surface area contributed by atoms with Crippen LogP contribution in [0.3, 0.4) is 0 Å². The largest absolute Gasteiger partial charge is 0.299 e. The van der Waals surface area contributed by atoms with Gasteiger partial charge in [-0.05, 0) is 54.6 Å². The smallest absolute Gasteiger partial charge is 0.214 e. The Bertz CT molecular complexity index is 730. The van der Waals surface area contributed by atoms with Crippen LogP contribution < -0.4 is 0 Å². The van der Waals surface area contributed by atoms with E-state index in [2.05, 4.69) is 27.4 Å². The summed E-state index contributed by atoms with van der Waals surface area (Å²) >= 11 is 0. The molecule has 4 rings (SSSR count). The first-order valence-electron chi connectivity index (χ1n) is 9.08. The van der Waals surface area contributed by atoms with E-state index in [4.69, 9.17) is 0 Å². The van der Waals surface area contributed by atoms with Gasteiger partial charge in [-0.3, -0.25) is 9.59 Å². The fourth-order valence-electron chi connectivity index (χ4n) is 6.39. The van der Waals surface area contributed by atoms with Gasteiger partial charge in [-0.2, -0.15) is 0 Å². The zero-order chi connectivity index (χ0) is 17.4. The molecule has 128 valence electrons. The molecule has 0 spiro atoms. The van der Waals surface area contributed by atoms with Gasteiger partial charge in [-0.15, -0.1) is 0 Å². The van der Waals surface area contributed by atoms with Crippen molar-refractivity contribution in [2.75, 3.05) is 0 Å². The third kappa shape index (κ3) is 1.71. The number of carbonyl (C=O) groups excluding carboxylic acids is 2. The number of fused-ring (bicyclic) bond motifs is 5. The lowest BCUT2D eigenvalue weighted by molar-refractivity contribution is -0.132. The number of Topliss-reactive ketones (excluding diaryl/α,β-unsaturated/α-hetero) is 1. The van der Waals surface area contributed by atoms with Crippen LogP contribution in [-0.4, -0.2) is 11.6 Å². The van der Waals surface area contributed by atoms with Crippen molar-refractivity contribution in [1.29, 1.82) is 0 Å². The SMILES string of the molecule is C=C1C2=C(F)C(=O)C=C[C@]2(C)[C@H]2CC[C@]3(C)C(=O)CC[C@H]3[C@@H]2C1C. The van der Waals surface area contributed by atoms with Crippen LogP contribution in [0.25, 0.3) is 0 Å². The van der Waals surface area contributed by atoms with E-state index in [0.29, 0.717) is 29.6 Å². The summed E-state index contributed by atoms with van der Waals surface area (Å²) in [6, 6.07) is 0. The van der Waals surface area contributed by atoms with Crippen LogP contribution in [0.1, 0.15) is 46.5 Å². The average Bonchev–Trinajstić information content (AvgIpc) is 2.84. The van der Waals surface area contributed by atoms with Crippen molar-refractivity contribution in [1.82, 2.24) is 0 Å². The second kappa shape index (κ2) is 4.77. The summed E-state index contributed by atoms with van der Waals surface area (Å²) in [4.78, 5) is 24.4. The van der Waals surface area contributed by atoms with E-state index < -0.39 is 17.0 Å². The average molecular weight is 328 g/mol. The van der Waals surface area contributed by atoms with E-state index in [-0.39, 0.29) is 17.3 Å². The molecule has 0 N–H and O–H groups in total.